The van der Waals surface area contributed by atoms with Crippen LogP contribution in [-0.4, -0.2) is 35.3 Å². The summed E-state index contributed by atoms with van der Waals surface area (Å²) in [6.07, 6.45) is 5.80. The van der Waals surface area contributed by atoms with Gasteiger partial charge in [0.1, 0.15) is 4.99 Å². The molecule has 2 aliphatic rings. The van der Waals surface area contributed by atoms with Crippen molar-refractivity contribution in [3.63, 3.8) is 0 Å². The van der Waals surface area contributed by atoms with Gasteiger partial charge in [-0.15, -0.1) is 0 Å². The van der Waals surface area contributed by atoms with Crippen LogP contribution in [0.1, 0.15) is 25.0 Å². The van der Waals surface area contributed by atoms with Gasteiger partial charge in [-0.05, 0) is 31.4 Å². The summed E-state index contributed by atoms with van der Waals surface area (Å²) in [4.78, 5) is 6.97. The van der Waals surface area contributed by atoms with Crippen LogP contribution in [0.2, 0.25) is 0 Å². The summed E-state index contributed by atoms with van der Waals surface area (Å²) in [5.74, 6) is 0. The van der Waals surface area contributed by atoms with E-state index in [1.165, 1.54) is 19.3 Å². The van der Waals surface area contributed by atoms with Crippen LogP contribution in [0.15, 0.2) is 18.3 Å². The van der Waals surface area contributed by atoms with E-state index in [9.17, 15) is 0 Å². The number of fused-ring (bicyclic) bond motifs is 1. The first kappa shape index (κ1) is 11.9. The standard InChI is InChI=1S/C13H17N3OS/c14-13(18)10-8-9(4-5-15-10)16-6-7-17-12-3-1-2-11(12)16/h4-5,8,11-12H,1-3,6-7H2,(H2,14,18). The average molecular weight is 263 g/mol. The zero-order chi connectivity index (χ0) is 12.5. The third kappa shape index (κ3) is 2.08. The minimum Gasteiger partial charge on any atom is -0.388 e. The first-order valence-electron chi connectivity index (χ1n) is 6.40. The molecule has 5 heteroatoms. The van der Waals surface area contributed by atoms with Crippen molar-refractivity contribution in [2.24, 2.45) is 5.73 Å². The van der Waals surface area contributed by atoms with Crippen LogP contribution in [0.4, 0.5) is 5.69 Å². The third-order valence-electron chi connectivity index (χ3n) is 3.81. The van der Waals surface area contributed by atoms with Crippen molar-refractivity contribution in [2.75, 3.05) is 18.1 Å². The fourth-order valence-electron chi connectivity index (χ4n) is 2.98. The van der Waals surface area contributed by atoms with Gasteiger partial charge in [-0.2, -0.15) is 0 Å². The lowest BCUT2D eigenvalue weighted by atomic mass is 10.1. The van der Waals surface area contributed by atoms with Crippen LogP contribution < -0.4 is 10.6 Å². The molecule has 1 saturated carbocycles. The molecular weight excluding hydrogens is 246 g/mol. The average Bonchev–Trinajstić information content (AvgIpc) is 2.87. The molecule has 0 bridgehead atoms. The van der Waals surface area contributed by atoms with Crippen LogP contribution in [0.3, 0.4) is 0 Å². The Kier molecular flexibility index (Phi) is 3.18. The highest BCUT2D eigenvalue weighted by Gasteiger charge is 2.36. The number of thiocarbonyl (C=S) groups is 1. The van der Waals surface area contributed by atoms with Gasteiger partial charge >= 0.3 is 0 Å². The molecule has 2 unspecified atom stereocenters. The smallest absolute Gasteiger partial charge is 0.122 e. The lowest BCUT2D eigenvalue weighted by Crippen LogP contribution is -2.48. The molecule has 1 aromatic heterocycles. The van der Waals surface area contributed by atoms with E-state index in [1.807, 2.05) is 12.1 Å². The lowest BCUT2D eigenvalue weighted by molar-refractivity contribution is 0.0256. The number of hydrogen-bond donors (Lipinski definition) is 1. The van der Waals surface area contributed by atoms with E-state index in [0.717, 1.165) is 18.8 Å². The molecule has 18 heavy (non-hydrogen) atoms. The van der Waals surface area contributed by atoms with Crippen molar-refractivity contribution in [1.82, 2.24) is 4.98 Å². The van der Waals surface area contributed by atoms with Gasteiger partial charge < -0.3 is 15.4 Å². The second-order valence-electron chi connectivity index (χ2n) is 4.86. The van der Waals surface area contributed by atoms with Crippen LogP contribution in [0.5, 0.6) is 0 Å². The largest absolute Gasteiger partial charge is 0.388 e. The van der Waals surface area contributed by atoms with Crippen LogP contribution in [-0.2, 0) is 4.74 Å². The molecule has 0 aromatic carbocycles. The third-order valence-corrected chi connectivity index (χ3v) is 4.02. The predicted molar refractivity (Wildman–Crippen MR) is 74.8 cm³/mol. The number of nitrogens with zero attached hydrogens (tertiary/aromatic N) is 2. The first-order valence-corrected chi connectivity index (χ1v) is 6.80. The second kappa shape index (κ2) is 4.82. The summed E-state index contributed by atoms with van der Waals surface area (Å²) < 4.78 is 5.82. The Balaban J connectivity index is 1.89. The van der Waals surface area contributed by atoms with Crippen LogP contribution in [0.25, 0.3) is 0 Å². The summed E-state index contributed by atoms with van der Waals surface area (Å²) in [6, 6.07) is 4.52. The molecule has 3 rings (SSSR count). The molecule has 4 nitrogen and oxygen atoms in total. The number of rotatable bonds is 2. The molecule has 96 valence electrons. The van der Waals surface area contributed by atoms with Gasteiger partial charge in [0.15, 0.2) is 0 Å². The van der Waals surface area contributed by atoms with Crippen LogP contribution in [0, 0.1) is 0 Å². The molecule has 1 saturated heterocycles. The topological polar surface area (TPSA) is 51.4 Å². The van der Waals surface area contributed by atoms with Gasteiger partial charge in [-0.25, -0.2) is 0 Å². The summed E-state index contributed by atoms with van der Waals surface area (Å²) >= 11 is 4.99. The zero-order valence-corrected chi connectivity index (χ0v) is 11.0. The van der Waals surface area contributed by atoms with Crippen molar-refractivity contribution in [3.8, 4) is 0 Å². The maximum Gasteiger partial charge on any atom is 0.122 e. The van der Waals surface area contributed by atoms with E-state index < -0.39 is 0 Å². The minimum absolute atomic E-state index is 0.355. The highest BCUT2D eigenvalue weighted by molar-refractivity contribution is 7.80. The number of morpholine rings is 1. The number of anilines is 1. The van der Waals surface area contributed by atoms with Gasteiger partial charge in [0, 0.05) is 18.4 Å². The lowest BCUT2D eigenvalue weighted by Gasteiger charge is -2.39. The Labute approximate surface area is 112 Å². The Morgan fingerprint density at radius 1 is 1.50 bits per heavy atom. The summed E-state index contributed by atoms with van der Waals surface area (Å²) in [5, 5.41) is 0. The van der Waals surface area contributed by atoms with Gasteiger partial charge in [0.25, 0.3) is 0 Å². The molecule has 0 amide bonds. The van der Waals surface area contributed by atoms with E-state index in [2.05, 4.69) is 9.88 Å². The monoisotopic (exact) mass is 263 g/mol. The molecule has 2 atom stereocenters. The molecule has 0 radical (unpaired) electrons. The highest BCUT2D eigenvalue weighted by atomic mass is 32.1. The number of aromatic nitrogens is 1. The Morgan fingerprint density at radius 2 is 2.39 bits per heavy atom. The molecule has 1 aromatic rings. The van der Waals surface area contributed by atoms with Crippen molar-refractivity contribution >= 4 is 22.9 Å². The summed E-state index contributed by atoms with van der Waals surface area (Å²) in [5.41, 5.74) is 7.50. The number of ether oxygens (including phenoxy) is 1. The van der Waals surface area contributed by atoms with Crippen molar-refractivity contribution in [3.05, 3.63) is 24.0 Å². The normalized spacial score (nSPS) is 27.0. The molecule has 1 aliphatic carbocycles. The van der Waals surface area contributed by atoms with Gasteiger partial charge in [0.2, 0.25) is 0 Å². The first-order chi connectivity index (χ1) is 8.75. The Hall–Kier alpha value is -1.20. The highest BCUT2D eigenvalue weighted by Crippen LogP contribution is 2.33. The summed E-state index contributed by atoms with van der Waals surface area (Å²) in [7, 11) is 0. The molecule has 1 aliphatic heterocycles. The molecular formula is C13H17N3OS. The summed E-state index contributed by atoms with van der Waals surface area (Å²) in [6.45, 7) is 1.73. The maximum atomic E-state index is 5.82. The molecule has 2 fully saturated rings. The minimum atomic E-state index is 0.355. The van der Waals surface area contributed by atoms with Gasteiger partial charge in [-0.1, -0.05) is 12.2 Å². The fourth-order valence-corrected chi connectivity index (χ4v) is 3.09. The number of nitrogens with two attached hydrogens (primary N) is 1. The Morgan fingerprint density at radius 3 is 3.22 bits per heavy atom. The molecule has 2 heterocycles. The number of pyridine rings is 1. The van der Waals surface area contributed by atoms with Crippen molar-refractivity contribution in [1.29, 1.82) is 0 Å². The Bertz CT molecular complexity index is 465. The van der Waals surface area contributed by atoms with E-state index in [-0.39, 0.29) is 0 Å². The molecule has 2 N–H and O–H groups in total. The van der Waals surface area contributed by atoms with E-state index in [0.29, 0.717) is 22.8 Å². The fraction of sp³-hybridized carbons (Fsp3) is 0.538. The number of hydrogen-bond acceptors (Lipinski definition) is 4. The second-order valence-corrected chi connectivity index (χ2v) is 5.30. The van der Waals surface area contributed by atoms with Crippen molar-refractivity contribution in [2.45, 2.75) is 31.4 Å². The SMILES string of the molecule is NC(=S)c1cc(N2CCOC3CCCC32)ccn1. The zero-order valence-electron chi connectivity index (χ0n) is 10.2. The predicted octanol–water partition coefficient (Wildman–Crippen LogP) is 1.47. The van der Waals surface area contributed by atoms with E-state index in [1.54, 1.807) is 6.20 Å². The quantitative estimate of drug-likeness (QED) is 0.819. The van der Waals surface area contributed by atoms with Crippen LogP contribution >= 0.6 is 12.2 Å². The van der Waals surface area contributed by atoms with E-state index >= 15 is 0 Å². The van der Waals surface area contributed by atoms with Gasteiger partial charge in [0.05, 0.1) is 24.4 Å². The maximum absolute atomic E-state index is 5.82. The molecule has 0 spiro atoms. The van der Waals surface area contributed by atoms with Gasteiger partial charge in [-0.3, -0.25) is 4.98 Å². The van der Waals surface area contributed by atoms with Crippen molar-refractivity contribution < 1.29 is 4.74 Å². The van der Waals surface area contributed by atoms with E-state index in [4.69, 9.17) is 22.7 Å².